The lowest BCUT2D eigenvalue weighted by atomic mass is 10.0. The number of nitrogen functional groups attached to an aromatic ring is 1. The van der Waals surface area contributed by atoms with Crippen molar-refractivity contribution in [1.82, 2.24) is 0 Å². The predicted molar refractivity (Wildman–Crippen MR) is 72.3 cm³/mol. The number of carbonyl (C=O) groups is 1. The van der Waals surface area contributed by atoms with Crippen molar-refractivity contribution in [2.24, 2.45) is 0 Å². The lowest BCUT2D eigenvalue weighted by molar-refractivity contribution is 0.103. The highest BCUT2D eigenvalue weighted by Gasteiger charge is 2.15. The number of nitrogens with two attached hydrogens (primary N) is 1. The molecule has 0 amide bonds. The molecule has 3 nitrogen and oxygen atoms in total. The molecular weight excluding hydrogens is 250 g/mol. The Labute approximate surface area is 110 Å². The Balaban J connectivity index is 2.44. The molecule has 2 aromatic carbocycles. The van der Waals surface area contributed by atoms with Gasteiger partial charge in [0.05, 0.1) is 12.1 Å². The Morgan fingerprint density at radius 1 is 1.17 bits per heavy atom. The van der Waals surface area contributed by atoms with Gasteiger partial charge in [-0.1, -0.05) is 23.7 Å². The maximum atomic E-state index is 12.3. The quantitative estimate of drug-likeness (QED) is 0.682. The second-order valence-electron chi connectivity index (χ2n) is 3.76. The average molecular weight is 262 g/mol. The van der Waals surface area contributed by atoms with Gasteiger partial charge in [-0.2, -0.15) is 0 Å². The molecule has 92 valence electrons. The first-order valence-corrected chi connectivity index (χ1v) is 5.74. The molecule has 0 aliphatic rings. The summed E-state index contributed by atoms with van der Waals surface area (Å²) in [6.07, 6.45) is 0. The molecule has 2 aromatic rings. The van der Waals surface area contributed by atoms with E-state index >= 15 is 0 Å². The van der Waals surface area contributed by atoms with Crippen LogP contribution >= 0.6 is 11.6 Å². The number of benzene rings is 2. The van der Waals surface area contributed by atoms with Crippen molar-refractivity contribution in [3.63, 3.8) is 0 Å². The molecule has 0 aliphatic carbocycles. The number of rotatable bonds is 3. The summed E-state index contributed by atoms with van der Waals surface area (Å²) in [6, 6.07) is 11.8. The molecule has 0 heterocycles. The zero-order chi connectivity index (χ0) is 13.1. The number of hydrogen-bond acceptors (Lipinski definition) is 3. The molecule has 0 aromatic heterocycles. The Bertz CT molecular complexity index is 596. The van der Waals surface area contributed by atoms with Crippen molar-refractivity contribution in [2.45, 2.75) is 0 Å². The summed E-state index contributed by atoms with van der Waals surface area (Å²) in [5.74, 6) is 0.420. The molecule has 0 spiro atoms. The van der Waals surface area contributed by atoms with E-state index in [2.05, 4.69) is 0 Å². The smallest absolute Gasteiger partial charge is 0.196 e. The molecule has 2 N–H and O–H groups in total. The molecule has 0 saturated heterocycles. The minimum absolute atomic E-state index is 0.194. The van der Waals surface area contributed by atoms with E-state index in [0.717, 1.165) is 0 Å². The molecule has 0 fully saturated rings. The zero-order valence-electron chi connectivity index (χ0n) is 9.81. The van der Waals surface area contributed by atoms with E-state index in [-0.39, 0.29) is 5.78 Å². The summed E-state index contributed by atoms with van der Waals surface area (Å²) in [6.45, 7) is 0. The van der Waals surface area contributed by atoms with E-state index in [1.165, 1.54) is 0 Å². The molecule has 0 saturated carbocycles. The first-order chi connectivity index (χ1) is 8.63. The largest absolute Gasteiger partial charge is 0.497 e. The zero-order valence-corrected chi connectivity index (χ0v) is 10.6. The minimum Gasteiger partial charge on any atom is -0.497 e. The molecule has 0 radical (unpaired) electrons. The van der Waals surface area contributed by atoms with Crippen LogP contribution in [-0.4, -0.2) is 12.9 Å². The van der Waals surface area contributed by atoms with E-state index in [9.17, 15) is 4.79 Å². The van der Waals surface area contributed by atoms with Crippen LogP contribution in [0.3, 0.4) is 0 Å². The van der Waals surface area contributed by atoms with Crippen LogP contribution in [0.15, 0.2) is 42.5 Å². The third-order valence-corrected chi connectivity index (χ3v) is 2.95. The Kier molecular flexibility index (Phi) is 3.53. The first-order valence-electron chi connectivity index (χ1n) is 5.36. The molecule has 0 atom stereocenters. The SMILES string of the molecule is COc1ccc(C(=O)c2ccccc2Cl)c(N)c1. The third-order valence-electron chi connectivity index (χ3n) is 2.62. The fourth-order valence-electron chi connectivity index (χ4n) is 1.67. The fraction of sp³-hybridized carbons (Fsp3) is 0.0714. The van der Waals surface area contributed by atoms with Gasteiger partial charge in [-0.05, 0) is 24.3 Å². The Morgan fingerprint density at radius 2 is 1.89 bits per heavy atom. The van der Waals surface area contributed by atoms with E-state index in [1.807, 2.05) is 0 Å². The van der Waals surface area contributed by atoms with Gasteiger partial charge >= 0.3 is 0 Å². The molecule has 2 rings (SSSR count). The van der Waals surface area contributed by atoms with Crippen LogP contribution in [0.4, 0.5) is 5.69 Å². The summed E-state index contributed by atoms with van der Waals surface area (Å²) >= 11 is 5.99. The van der Waals surface area contributed by atoms with E-state index in [1.54, 1.807) is 49.6 Å². The number of anilines is 1. The highest BCUT2D eigenvalue weighted by Crippen LogP contribution is 2.25. The molecule has 0 bridgehead atoms. The number of halogens is 1. The Morgan fingerprint density at radius 3 is 2.50 bits per heavy atom. The summed E-state index contributed by atoms with van der Waals surface area (Å²) in [5, 5.41) is 0.415. The second-order valence-corrected chi connectivity index (χ2v) is 4.17. The lowest BCUT2D eigenvalue weighted by Crippen LogP contribution is -2.06. The molecule has 18 heavy (non-hydrogen) atoms. The summed E-state index contributed by atoms with van der Waals surface area (Å²) < 4.78 is 5.04. The van der Waals surface area contributed by atoms with Crippen LogP contribution in [0.2, 0.25) is 5.02 Å². The minimum atomic E-state index is -0.194. The summed E-state index contributed by atoms with van der Waals surface area (Å²) in [7, 11) is 1.55. The van der Waals surface area contributed by atoms with Crippen LogP contribution in [0.1, 0.15) is 15.9 Å². The van der Waals surface area contributed by atoms with Gasteiger partial charge in [-0.3, -0.25) is 4.79 Å². The molecule has 0 unspecified atom stereocenters. The van der Waals surface area contributed by atoms with Crippen LogP contribution in [0, 0.1) is 0 Å². The molecule has 4 heteroatoms. The van der Waals surface area contributed by atoms with E-state index < -0.39 is 0 Å². The van der Waals surface area contributed by atoms with Crippen LogP contribution < -0.4 is 10.5 Å². The molecule has 0 aliphatic heterocycles. The van der Waals surface area contributed by atoms with Crippen LogP contribution in [0.5, 0.6) is 5.75 Å². The highest BCUT2D eigenvalue weighted by molar-refractivity contribution is 6.35. The maximum absolute atomic E-state index is 12.3. The topological polar surface area (TPSA) is 52.3 Å². The summed E-state index contributed by atoms with van der Waals surface area (Å²) in [5.41, 5.74) is 7.08. The van der Waals surface area contributed by atoms with Crippen molar-refractivity contribution in [3.05, 3.63) is 58.6 Å². The lowest BCUT2D eigenvalue weighted by Gasteiger charge is -2.08. The number of carbonyl (C=O) groups excluding carboxylic acids is 1. The number of ether oxygens (including phenoxy) is 1. The van der Waals surface area contributed by atoms with Gasteiger partial charge in [0.1, 0.15) is 5.75 Å². The van der Waals surface area contributed by atoms with Crippen molar-refractivity contribution >= 4 is 23.1 Å². The number of ketones is 1. The second kappa shape index (κ2) is 5.10. The number of hydrogen-bond donors (Lipinski definition) is 1. The van der Waals surface area contributed by atoms with Gasteiger partial charge in [0, 0.05) is 22.9 Å². The van der Waals surface area contributed by atoms with Crippen LogP contribution in [-0.2, 0) is 0 Å². The first kappa shape index (κ1) is 12.5. The van der Waals surface area contributed by atoms with E-state index in [4.69, 9.17) is 22.1 Å². The van der Waals surface area contributed by atoms with Gasteiger partial charge in [0.15, 0.2) is 5.78 Å². The van der Waals surface area contributed by atoms with Gasteiger partial charge in [0.2, 0.25) is 0 Å². The normalized spacial score (nSPS) is 10.1. The monoisotopic (exact) mass is 261 g/mol. The standard InChI is InChI=1S/C14H12ClNO2/c1-18-9-6-7-11(13(16)8-9)14(17)10-4-2-3-5-12(10)15/h2-8H,16H2,1H3. The number of methoxy groups -OCH3 is 1. The predicted octanol–water partition coefficient (Wildman–Crippen LogP) is 3.16. The van der Waals surface area contributed by atoms with Gasteiger partial charge in [-0.15, -0.1) is 0 Å². The fourth-order valence-corrected chi connectivity index (χ4v) is 1.89. The van der Waals surface area contributed by atoms with Crippen molar-refractivity contribution < 1.29 is 9.53 Å². The van der Waals surface area contributed by atoms with Gasteiger partial charge < -0.3 is 10.5 Å². The van der Waals surface area contributed by atoms with Gasteiger partial charge in [0.25, 0.3) is 0 Å². The van der Waals surface area contributed by atoms with Gasteiger partial charge in [-0.25, -0.2) is 0 Å². The van der Waals surface area contributed by atoms with Crippen LogP contribution in [0.25, 0.3) is 0 Å². The van der Waals surface area contributed by atoms with Crippen molar-refractivity contribution in [2.75, 3.05) is 12.8 Å². The van der Waals surface area contributed by atoms with E-state index in [0.29, 0.717) is 27.6 Å². The highest BCUT2D eigenvalue weighted by atomic mass is 35.5. The van der Waals surface area contributed by atoms with Crippen molar-refractivity contribution in [1.29, 1.82) is 0 Å². The summed E-state index contributed by atoms with van der Waals surface area (Å²) in [4.78, 5) is 12.3. The van der Waals surface area contributed by atoms with Crippen molar-refractivity contribution in [3.8, 4) is 5.75 Å². The Hall–Kier alpha value is -2.00. The maximum Gasteiger partial charge on any atom is 0.196 e. The third kappa shape index (κ3) is 2.31. The molecular formula is C14H12ClNO2. The average Bonchev–Trinajstić information content (AvgIpc) is 2.38.